The lowest BCUT2D eigenvalue weighted by Gasteiger charge is -2.12. The molecule has 5 nitrogen and oxygen atoms in total. The number of methoxy groups -OCH3 is 1. The fourth-order valence-electron chi connectivity index (χ4n) is 3.11. The second kappa shape index (κ2) is 9.50. The molecule has 0 spiro atoms. The van der Waals surface area contributed by atoms with Crippen LogP contribution in [0.25, 0.3) is 5.69 Å². The van der Waals surface area contributed by atoms with E-state index in [-0.39, 0.29) is 0 Å². The maximum Gasteiger partial charge on any atom is 0.196 e. The molecule has 3 aromatic carbocycles. The van der Waals surface area contributed by atoms with Gasteiger partial charge in [-0.15, -0.1) is 10.2 Å². The molecule has 0 fully saturated rings. The Labute approximate surface area is 181 Å². The minimum Gasteiger partial charge on any atom is -0.497 e. The zero-order valence-corrected chi connectivity index (χ0v) is 17.9. The van der Waals surface area contributed by atoms with Gasteiger partial charge < -0.3 is 10.1 Å². The minimum absolute atomic E-state index is 0.588. The number of aromatic nitrogens is 3. The van der Waals surface area contributed by atoms with Crippen molar-refractivity contribution < 1.29 is 4.74 Å². The molecule has 0 aliphatic rings. The van der Waals surface area contributed by atoms with Gasteiger partial charge in [-0.05, 0) is 48.9 Å². The molecule has 0 aliphatic carbocycles. The molecule has 30 heavy (non-hydrogen) atoms. The average molecular weight is 417 g/mol. The fraction of sp³-hybridized carbons (Fsp3) is 0.167. The van der Waals surface area contributed by atoms with Crippen molar-refractivity contribution in [1.82, 2.24) is 14.8 Å². The van der Waals surface area contributed by atoms with Crippen LogP contribution in [-0.2, 0) is 12.3 Å². The van der Waals surface area contributed by atoms with E-state index in [1.807, 2.05) is 30.3 Å². The molecule has 1 aromatic heterocycles. The highest BCUT2D eigenvalue weighted by molar-refractivity contribution is 7.98. The summed E-state index contributed by atoms with van der Waals surface area (Å²) in [6.07, 6.45) is 0. The summed E-state index contributed by atoms with van der Waals surface area (Å²) in [6.45, 7) is 2.67. The summed E-state index contributed by atoms with van der Waals surface area (Å²) in [5, 5.41) is 13.3. The van der Waals surface area contributed by atoms with Crippen molar-refractivity contribution in [2.75, 3.05) is 12.4 Å². The van der Waals surface area contributed by atoms with Crippen LogP contribution in [0.2, 0.25) is 0 Å². The molecule has 6 heteroatoms. The first-order valence-electron chi connectivity index (χ1n) is 9.79. The van der Waals surface area contributed by atoms with Crippen LogP contribution in [0, 0.1) is 6.92 Å². The van der Waals surface area contributed by atoms with Gasteiger partial charge in [0.15, 0.2) is 11.0 Å². The largest absolute Gasteiger partial charge is 0.497 e. The molecular formula is C24H24N4OS. The summed E-state index contributed by atoms with van der Waals surface area (Å²) in [6, 6.07) is 26.7. The maximum atomic E-state index is 5.33. The van der Waals surface area contributed by atoms with Crippen LogP contribution >= 0.6 is 11.8 Å². The van der Waals surface area contributed by atoms with E-state index in [1.54, 1.807) is 18.9 Å². The smallest absolute Gasteiger partial charge is 0.196 e. The zero-order valence-electron chi connectivity index (χ0n) is 17.1. The quantitative estimate of drug-likeness (QED) is 0.385. The standard InChI is InChI=1S/C24H24N4OS/c1-18-11-13-20(14-12-18)25-16-23-26-27-24(28(23)21-8-4-3-5-9-21)30-17-19-7-6-10-22(15-19)29-2/h3-15,25H,16-17H2,1-2H3. The molecule has 0 atom stereocenters. The first-order valence-corrected chi connectivity index (χ1v) is 10.8. The lowest BCUT2D eigenvalue weighted by atomic mass is 10.2. The van der Waals surface area contributed by atoms with Crippen molar-refractivity contribution in [3.05, 3.63) is 95.8 Å². The topological polar surface area (TPSA) is 52.0 Å². The van der Waals surface area contributed by atoms with Crippen LogP contribution < -0.4 is 10.1 Å². The van der Waals surface area contributed by atoms with E-state index in [0.717, 1.165) is 33.9 Å². The lowest BCUT2D eigenvalue weighted by molar-refractivity contribution is 0.414. The molecule has 0 saturated carbocycles. The number of ether oxygens (including phenoxy) is 1. The number of anilines is 1. The summed E-state index contributed by atoms with van der Waals surface area (Å²) in [5.74, 6) is 2.52. The second-order valence-corrected chi connectivity index (χ2v) is 7.87. The normalized spacial score (nSPS) is 10.7. The Kier molecular flexibility index (Phi) is 6.35. The van der Waals surface area contributed by atoms with Crippen LogP contribution in [0.5, 0.6) is 5.75 Å². The zero-order chi connectivity index (χ0) is 20.8. The van der Waals surface area contributed by atoms with Crippen molar-refractivity contribution >= 4 is 17.4 Å². The molecule has 1 heterocycles. The van der Waals surface area contributed by atoms with Gasteiger partial charge >= 0.3 is 0 Å². The number of aryl methyl sites for hydroxylation is 1. The monoisotopic (exact) mass is 416 g/mol. The van der Waals surface area contributed by atoms with Crippen molar-refractivity contribution in [3.63, 3.8) is 0 Å². The summed E-state index contributed by atoms with van der Waals surface area (Å²) < 4.78 is 7.45. The van der Waals surface area contributed by atoms with E-state index in [1.165, 1.54) is 11.1 Å². The number of benzene rings is 3. The first-order chi connectivity index (χ1) is 14.7. The summed E-state index contributed by atoms with van der Waals surface area (Å²) in [5.41, 5.74) is 4.54. The van der Waals surface area contributed by atoms with Gasteiger partial charge in [0, 0.05) is 17.1 Å². The third-order valence-corrected chi connectivity index (χ3v) is 5.72. The van der Waals surface area contributed by atoms with E-state index in [9.17, 15) is 0 Å². The SMILES string of the molecule is COc1cccc(CSc2nnc(CNc3ccc(C)cc3)n2-c2ccccc2)c1. The Bertz CT molecular complexity index is 1090. The molecule has 0 unspecified atom stereocenters. The molecular weight excluding hydrogens is 392 g/mol. The Balaban J connectivity index is 1.56. The Morgan fingerprint density at radius 3 is 2.50 bits per heavy atom. The van der Waals surface area contributed by atoms with Crippen molar-refractivity contribution in [3.8, 4) is 11.4 Å². The van der Waals surface area contributed by atoms with Crippen LogP contribution in [0.3, 0.4) is 0 Å². The van der Waals surface area contributed by atoms with E-state index < -0.39 is 0 Å². The summed E-state index contributed by atoms with van der Waals surface area (Å²) in [4.78, 5) is 0. The van der Waals surface area contributed by atoms with Crippen LogP contribution in [0.1, 0.15) is 17.0 Å². The van der Waals surface area contributed by atoms with Gasteiger partial charge in [-0.25, -0.2) is 0 Å². The van der Waals surface area contributed by atoms with E-state index in [0.29, 0.717) is 6.54 Å². The molecule has 152 valence electrons. The van der Waals surface area contributed by atoms with Crippen LogP contribution in [-0.4, -0.2) is 21.9 Å². The van der Waals surface area contributed by atoms with Gasteiger partial charge in [-0.1, -0.05) is 59.8 Å². The number of nitrogens with zero attached hydrogens (tertiary/aromatic N) is 3. The van der Waals surface area contributed by atoms with Crippen molar-refractivity contribution in [1.29, 1.82) is 0 Å². The number of thioether (sulfide) groups is 1. The van der Waals surface area contributed by atoms with Gasteiger partial charge in [0.05, 0.1) is 13.7 Å². The van der Waals surface area contributed by atoms with Gasteiger partial charge in [-0.3, -0.25) is 4.57 Å². The Morgan fingerprint density at radius 1 is 0.933 bits per heavy atom. The third-order valence-electron chi connectivity index (χ3n) is 4.72. The van der Waals surface area contributed by atoms with Gasteiger partial charge in [0.1, 0.15) is 5.75 Å². The van der Waals surface area contributed by atoms with Crippen LogP contribution in [0.4, 0.5) is 5.69 Å². The molecule has 4 aromatic rings. The van der Waals surface area contributed by atoms with Gasteiger partial charge in [0.2, 0.25) is 0 Å². The van der Waals surface area contributed by atoms with E-state index in [2.05, 4.69) is 75.5 Å². The summed E-state index contributed by atoms with van der Waals surface area (Å²) >= 11 is 1.66. The number of para-hydroxylation sites is 1. The van der Waals surface area contributed by atoms with Crippen LogP contribution in [0.15, 0.2) is 84.0 Å². The second-order valence-electron chi connectivity index (χ2n) is 6.93. The first kappa shape index (κ1) is 20.0. The lowest BCUT2D eigenvalue weighted by Crippen LogP contribution is -2.08. The molecule has 0 aliphatic heterocycles. The summed E-state index contributed by atoms with van der Waals surface area (Å²) in [7, 11) is 1.69. The fourth-order valence-corrected chi connectivity index (χ4v) is 4.02. The average Bonchev–Trinajstić information content (AvgIpc) is 3.21. The van der Waals surface area contributed by atoms with E-state index >= 15 is 0 Å². The maximum absolute atomic E-state index is 5.33. The predicted octanol–water partition coefficient (Wildman–Crippen LogP) is 5.49. The number of hydrogen-bond acceptors (Lipinski definition) is 5. The molecule has 0 amide bonds. The highest BCUT2D eigenvalue weighted by atomic mass is 32.2. The molecule has 0 radical (unpaired) electrons. The minimum atomic E-state index is 0.588. The molecule has 0 bridgehead atoms. The van der Waals surface area contributed by atoms with Gasteiger partial charge in [0.25, 0.3) is 0 Å². The predicted molar refractivity (Wildman–Crippen MR) is 122 cm³/mol. The third kappa shape index (κ3) is 4.83. The highest BCUT2D eigenvalue weighted by Gasteiger charge is 2.14. The van der Waals surface area contributed by atoms with Crippen molar-refractivity contribution in [2.45, 2.75) is 24.4 Å². The van der Waals surface area contributed by atoms with E-state index in [4.69, 9.17) is 4.74 Å². The highest BCUT2D eigenvalue weighted by Crippen LogP contribution is 2.27. The Morgan fingerprint density at radius 2 is 1.73 bits per heavy atom. The Hall–Kier alpha value is -3.25. The number of nitrogens with one attached hydrogen (secondary N) is 1. The van der Waals surface area contributed by atoms with Gasteiger partial charge in [-0.2, -0.15) is 0 Å². The molecule has 0 saturated heterocycles. The molecule has 4 rings (SSSR count). The van der Waals surface area contributed by atoms with Crippen molar-refractivity contribution in [2.24, 2.45) is 0 Å². The number of rotatable bonds is 8. The number of hydrogen-bond donors (Lipinski definition) is 1. The molecule has 1 N–H and O–H groups in total.